The van der Waals surface area contributed by atoms with Crippen molar-refractivity contribution >= 4 is 49.8 Å². The average Bonchev–Trinajstić information content (AvgIpc) is 3.75. The predicted octanol–water partition coefficient (Wildman–Crippen LogP) is 15.5. The molecule has 9 aromatic carbocycles. The molecule has 0 saturated carbocycles. The van der Waals surface area contributed by atoms with Crippen LogP contribution in [0.3, 0.4) is 0 Å². The van der Waals surface area contributed by atoms with Gasteiger partial charge in [0, 0.05) is 39.3 Å². The first-order chi connectivity index (χ1) is 28.0. The summed E-state index contributed by atoms with van der Waals surface area (Å²) in [5, 5.41) is 4.75. The van der Waals surface area contributed by atoms with Gasteiger partial charge in [-0.3, -0.25) is 0 Å². The molecule has 1 aliphatic carbocycles. The monoisotopic (exact) mass is 729 g/mol. The summed E-state index contributed by atoms with van der Waals surface area (Å²) in [6, 6.07) is 72.7. The second-order valence-corrected chi connectivity index (χ2v) is 15.7. The van der Waals surface area contributed by atoms with Gasteiger partial charge in [0.25, 0.3) is 0 Å². The number of hydrogen-bond donors (Lipinski definition) is 0. The highest BCUT2D eigenvalue weighted by atomic mass is 16.3. The van der Waals surface area contributed by atoms with E-state index in [0.717, 1.165) is 44.6 Å². The van der Waals surface area contributed by atoms with Gasteiger partial charge >= 0.3 is 0 Å². The fourth-order valence-corrected chi connectivity index (χ4v) is 9.16. The lowest BCUT2D eigenvalue weighted by atomic mass is 9.81. The third-order valence-corrected chi connectivity index (χ3v) is 12.1. The molecule has 1 heterocycles. The van der Waals surface area contributed by atoms with Crippen molar-refractivity contribution in [1.29, 1.82) is 0 Å². The van der Waals surface area contributed by atoms with Gasteiger partial charge in [0.05, 0.1) is 0 Å². The van der Waals surface area contributed by atoms with E-state index in [9.17, 15) is 0 Å². The fourth-order valence-electron chi connectivity index (χ4n) is 9.16. The quantitative estimate of drug-likeness (QED) is 0.169. The average molecular weight is 730 g/mol. The highest BCUT2D eigenvalue weighted by Gasteiger charge is 2.35. The zero-order valence-corrected chi connectivity index (χ0v) is 31.9. The molecule has 0 amide bonds. The normalized spacial score (nSPS) is 12.9. The van der Waals surface area contributed by atoms with Crippen LogP contribution in [0.5, 0.6) is 0 Å². The summed E-state index contributed by atoms with van der Waals surface area (Å²) in [7, 11) is 0. The number of nitrogens with zero attached hydrogens (tertiary/aromatic N) is 1. The molecule has 0 bridgehead atoms. The molecule has 1 aliphatic rings. The van der Waals surface area contributed by atoms with Crippen molar-refractivity contribution in [3.63, 3.8) is 0 Å². The highest BCUT2D eigenvalue weighted by Crippen LogP contribution is 2.50. The Morgan fingerprint density at radius 3 is 1.84 bits per heavy atom. The van der Waals surface area contributed by atoms with Crippen LogP contribution in [0.2, 0.25) is 0 Å². The van der Waals surface area contributed by atoms with Crippen LogP contribution in [0.1, 0.15) is 25.0 Å². The third kappa shape index (κ3) is 5.48. The van der Waals surface area contributed by atoms with E-state index < -0.39 is 0 Å². The molecule has 1 aromatic heterocycles. The van der Waals surface area contributed by atoms with Gasteiger partial charge in [0.1, 0.15) is 11.2 Å². The van der Waals surface area contributed by atoms with Crippen molar-refractivity contribution in [2.24, 2.45) is 0 Å². The highest BCUT2D eigenvalue weighted by molar-refractivity contribution is 6.06. The summed E-state index contributed by atoms with van der Waals surface area (Å²) >= 11 is 0. The zero-order chi connectivity index (χ0) is 38.1. The van der Waals surface area contributed by atoms with Gasteiger partial charge in [0.15, 0.2) is 0 Å². The van der Waals surface area contributed by atoms with Gasteiger partial charge in [-0.25, -0.2) is 0 Å². The number of furan rings is 1. The maximum atomic E-state index is 6.42. The van der Waals surface area contributed by atoms with E-state index in [-0.39, 0.29) is 5.41 Å². The molecular formula is C55H39NO. The summed E-state index contributed by atoms with van der Waals surface area (Å²) in [5.41, 5.74) is 17.6. The topological polar surface area (TPSA) is 16.4 Å². The summed E-state index contributed by atoms with van der Waals surface area (Å²) in [4.78, 5) is 2.34. The Morgan fingerprint density at radius 2 is 0.947 bits per heavy atom. The second kappa shape index (κ2) is 13.0. The van der Waals surface area contributed by atoms with E-state index in [0.29, 0.717) is 0 Å². The number of benzene rings is 9. The van der Waals surface area contributed by atoms with Crippen molar-refractivity contribution in [3.8, 4) is 44.5 Å². The van der Waals surface area contributed by atoms with Gasteiger partial charge in [-0.15, -0.1) is 0 Å². The zero-order valence-electron chi connectivity index (χ0n) is 31.9. The Balaban J connectivity index is 1.01. The van der Waals surface area contributed by atoms with Crippen LogP contribution in [0, 0.1) is 0 Å². The molecule has 0 atom stereocenters. The lowest BCUT2D eigenvalue weighted by Gasteiger charge is -2.26. The van der Waals surface area contributed by atoms with E-state index in [4.69, 9.17) is 4.42 Å². The summed E-state index contributed by atoms with van der Waals surface area (Å²) < 4.78 is 6.42. The standard InChI is InChI=1S/C55H39NO/c1-55(2)51-22-7-5-19-47(51)48-30-26-40(34-52(48)55)36-24-27-42(28-25-36)56(44-29-31-50-49-20-6-8-23-53(49)57-54(50)35-44)43-17-10-15-39(33-43)38-14-9-16-41(32-38)46-21-11-13-37-12-3-4-18-45(37)46/h3-35H,1-2H3. The number of hydrogen-bond acceptors (Lipinski definition) is 2. The van der Waals surface area contributed by atoms with Crippen LogP contribution in [-0.2, 0) is 5.41 Å². The SMILES string of the molecule is CC1(C)c2ccccc2-c2ccc(-c3ccc(N(c4cccc(-c5cccc(-c6cccc7ccccc67)c5)c4)c4ccc5c(c4)oc4ccccc45)cc3)cc21. The second-order valence-electron chi connectivity index (χ2n) is 15.7. The first kappa shape index (κ1) is 33.2. The molecular weight excluding hydrogens is 691 g/mol. The van der Waals surface area contributed by atoms with E-state index in [1.54, 1.807) is 0 Å². The molecule has 0 radical (unpaired) electrons. The Bertz CT molecular complexity index is 3160. The number of para-hydroxylation sites is 1. The molecule has 11 rings (SSSR count). The molecule has 0 fully saturated rings. The molecule has 2 heteroatoms. The Hall–Kier alpha value is -7.16. The van der Waals surface area contributed by atoms with Crippen molar-refractivity contribution in [3.05, 3.63) is 211 Å². The molecule has 0 saturated heterocycles. The summed E-state index contributed by atoms with van der Waals surface area (Å²) in [6.07, 6.45) is 0. The first-order valence-corrected chi connectivity index (χ1v) is 19.7. The summed E-state index contributed by atoms with van der Waals surface area (Å²) in [5.74, 6) is 0. The van der Waals surface area contributed by atoms with Crippen LogP contribution < -0.4 is 4.90 Å². The minimum Gasteiger partial charge on any atom is -0.456 e. The van der Waals surface area contributed by atoms with E-state index in [1.165, 1.54) is 60.8 Å². The van der Waals surface area contributed by atoms with Gasteiger partial charge in [0.2, 0.25) is 0 Å². The molecule has 0 spiro atoms. The van der Waals surface area contributed by atoms with Crippen LogP contribution in [0.4, 0.5) is 17.1 Å². The smallest absolute Gasteiger partial charge is 0.137 e. The molecule has 57 heavy (non-hydrogen) atoms. The van der Waals surface area contributed by atoms with Crippen LogP contribution in [-0.4, -0.2) is 0 Å². The van der Waals surface area contributed by atoms with E-state index >= 15 is 0 Å². The van der Waals surface area contributed by atoms with Crippen molar-refractivity contribution in [2.75, 3.05) is 4.90 Å². The maximum absolute atomic E-state index is 6.42. The van der Waals surface area contributed by atoms with Crippen molar-refractivity contribution in [1.82, 2.24) is 0 Å². The minimum absolute atomic E-state index is 0.0482. The van der Waals surface area contributed by atoms with Gasteiger partial charge in [-0.2, -0.15) is 0 Å². The van der Waals surface area contributed by atoms with Crippen LogP contribution >= 0.6 is 0 Å². The lowest BCUT2D eigenvalue weighted by molar-refractivity contribution is 0.660. The third-order valence-electron chi connectivity index (χ3n) is 12.1. The molecule has 270 valence electrons. The van der Waals surface area contributed by atoms with Gasteiger partial charge in [-0.1, -0.05) is 153 Å². The predicted molar refractivity (Wildman–Crippen MR) is 240 cm³/mol. The number of rotatable bonds is 6. The summed E-state index contributed by atoms with van der Waals surface area (Å²) in [6.45, 7) is 4.69. The molecule has 0 unspecified atom stereocenters. The Morgan fingerprint density at radius 1 is 0.351 bits per heavy atom. The van der Waals surface area contributed by atoms with Gasteiger partial charge in [-0.05, 0) is 121 Å². The van der Waals surface area contributed by atoms with Crippen LogP contribution in [0.25, 0.3) is 77.2 Å². The van der Waals surface area contributed by atoms with E-state index in [1.807, 2.05) is 12.1 Å². The van der Waals surface area contributed by atoms with E-state index in [2.05, 4.69) is 207 Å². The number of anilines is 3. The maximum Gasteiger partial charge on any atom is 0.137 e. The van der Waals surface area contributed by atoms with Crippen molar-refractivity contribution < 1.29 is 4.42 Å². The number of fused-ring (bicyclic) bond motifs is 7. The minimum atomic E-state index is -0.0482. The fraction of sp³-hybridized carbons (Fsp3) is 0.0545. The lowest BCUT2D eigenvalue weighted by Crippen LogP contribution is -2.14. The Labute approximate surface area is 332 Å². The Kier molecular flexibility index (Phi) is 7.55. The van der Waals surface area contributed by atoms with Gasteiger partial charge < -0.3 is 9.32 Å². The molecule has 0 aliphatic heterocycles. The molecule has 10 aromatic rings. The van der Waals surface area contributed by atoms with Crippen LogP contribution in [0.15, 0.2) is 205 Å². The molecule has 0 N–H and O–H groups in total. The van der Waals surface area contributed by atoms with Crippen molar-refractivity contribution in [2.45, 2.75) is 19.3 Å². The first-order valence-electron chi connectivity index (χ1n) is 19.7. The molecule has 2 nitrogen and oxygen atoms in total. The largest absolute Gasteiger partial charge is 0.456 e.